The lowest BCUT2D eigenvalue weighted by molar-refractivity contribution is 0.302. The van der Waals surface area contributed by atoms with Gasteiger partial charge in [0, 0.05) is 6.54 Å². The van der Waals surface area contributed by atoms with E-state index in [1.807, 2.05) is 30.3 Å². The predicted octanol–water partition coefficient (Wildman–Crippen LogP) is 1.03. The average molecular weight is 241 g/mol. The van der Waals surface area contributed by atoms with E-state index < -0.39 is 0 Å². The second kappa shape index (κ2) is 6.09. The molecule has 0 spiro atoms. The minimum absolute atomic E-state index is 0. The van der Waals surface area contributed by atoms with Crippen molar-refractivity contribution < 1.29 is 4.74 Å². The highest BCUT2D eigenvalue weighted by atomic mass is 35.5. The van der Waals surface area contributed by atoms with Crippen LogP contribution in [0.2, 0.25) is 0 Å². The summed E-state index contributed by atoms with van der Waals surface area (Å²) in [4.78, 5) is 4.00. The number of nitrogens with zero attached hydrogens (tertiary/aromatic N) is 3. The minimum atomic E-state index is 0. The zero-order valence-corrected chi connectivity index (χ0v) is 9.43. The number of nitrogens with two attached hydrogens (primary N) is 1. The van der Waals surface area contributed by atoms with E-state index in [1.54, 1.807) is 11.0 Å². The second-order valence-electron chi connectivity index (χ2n) is 2.94. The molecule has 6 heteroatoms. The van der Waals surface area contributed by atoms with Crippen LogP contribution in [0.1, 0.15) is 0 Å². The number of ether oxygens (including phenoxy) is 1. The average Bonchev–Trinajstić information content (AvgIpc) is 2.76. The van der Waals surface area contributed by atoms with Crippen LogP contribution in [0.5, 0.6) is 6.01 Å². The van der Waals surface area contributed by atoms with E-state index in [0.717, 1.165) is 5.69 Å². The molecule has 0 radical (unpaired) electrons. The van der Waals surface area contributed by atoms with Gasteiger partial charge in [0.25, 0.3) is 0 Å². The predicted molar refractivity (Wildman–Crippen MR) is 63.2 cm³/mol. The second-order valence-corrected chi connectivity index (χ2v) is 2.94. The third-order valence-corrected chi connectivity index (χ3v) is 1.84. The SMILES string of the molecule is Cl.NCCOc1ncn(-c2ccccc2)n1. The first-order chi connectivity index (χ1) is 7.40. The van der Waals surface area contributed by atoms with Crippen molar-refractivity contribution in [2.45, 2.75) is 0 Å². The fraction of sp³-hybridized carbons (Fsp3) is 0.200. The maximum atomic E-state index is 5.31. The molecule has 1 aromatic carbocycles. The number of benzene rings is 1. The van der Waals surface area contributed by atoms with Gasteiger partial charge in [0.2, 0.25) is 0 Å². The third kappa shape index (κ3) is 2.95. The minimum Gasteiger partial charge on any atom is -0.461 e. The highest BCUT2D eigenvalue weighted by Gasteiger charge is 2.01. The Hall–Kier alpha value is -1.59. The zero-order valence-electron chi connectivity index (χ0n) is 8.61. The van der Waals surface area contributed by atoms with E-state index in [2.05, 4.69) is 10.1 Å². The highest BCUT2D eigenvalue weighted by Crippen LogP contribution is 2.07. The van der Waals surface area contributed by atoms with Crippen LogP contribution in [0.4, 0.5) is 0 Å². The monoisotopic (exact) mass is 240 g/mol. The third-order valence-electron chi connectivity index (χ3n) is 1.84. The molecule has 0 saturated carbocycles. The van der Waals surface area contributed by atoms with Crippen LogP contribution in [0.3, 0.4) is 0 Å². The van der Waals surface area contributed by atoms with Gasteiger partial charge in [-0.05, 0) is 12.1 Å². The molecule has 0 aliphatic rings. The summed E-state index contributed by atoms with van der Waals surface area (Å²) in [7, 11) is 0. The Morgan fingerprint density at radius 1 is 1.25 bits per heavy atom. The van der Waals surface area contributed by atoms with Gasteiger partial charge in [-0.15, -0.1) is 17.5 Å². The first kappa shape index (κ1) is 12.5. The van der Waals surface area contributed by atoms with Crippen LogP contribution < -0.4 is 10.5 Å². The van der Waals surface area contributed by atoms with Crippen LogP contribution in [0.25, 0.3) is 5.69 Å². The molecule has 0 bridgehead atoms. The standard InChI is InChI=1S/C10H12N4O.ClH/c11-6-7-15-10-12-8-14(13-10)9-4-2-1-3-5-9;/h1-5,8H,6-7,11H2;1H. The number of para-hydroxylation sites is 1. The molecule has 1 aromatic heterocycles. The smallest absolute Gasteiger partial charge is 0.335 e. The van der Waals surface area contributed by atoms with Gasteiger partial charge < -0.3 is 10.5 Å². The van der Waals surface area contributed by atoms with Gasteiger partial charge >= 0.3 is 6.01 Å². The molecule has 0 atom stereocenters. The molecular formula is C10H13ClN4O. The van der Waals surface area contributed by atoms with Gasteiger partial charge in [-0.25, -0.2) is 4.68 Å². The van der Waals surface area contributed by atoms with Crippen molar-refractivity contribution in [3.05, 3.63) is 36.7 Å². The zero-order chi connectivity index (χ0) is 10.5. The Labute approximate surface area is 99.7 Å². The number of hydrogen-bond acceptors (Lipinski definition) is 4. The quantitative estimate of drug-likeness (QED) is 0.867. The molecular weight excluding hydrogens is 228 g/mol. The van der Waals surface area contributed by atoms with E-state index in [1.165, 1.54) is 0 Å². The van der Waals surface area contributed by atoms with Crippen molar-refractivity contribution in [1.82, 2.24) is 14.8 Å². The van der Waals surface area contributed by atoms with Gasteiger partial charge in [0.05, 0.1) is 5.69 Å². The lowest BCUT2D eigenvalue weighted by Gasteiger charge is -1.98. The van der Waals surface area contributed by atoms with E-state index in [0.29, 0.717) is 19.2 Å². The van der Waals surface area contributed by atoms with E-state index >= 15 is 0 Å². The number of rotatable bonds is 4. The fourth-order valence-electron chi connectivity index (χ4n) is 1.17. The Morgan fingerprint density at radius 2 is 2.00 bits per heavy atom. The van der Waals surface area contributed by atoms with Crippen molar-refractivity contribution in [3.63, 3.8) is 0 Å². The summed E-state index contributed by atoms with van der Waals surface area (Å²) in [5, 5.41) is 4.15. The normalized spacial score (nSPS) is 9.56. The van der Waals surface area contributed by atoms with Crippen LogP contribution in [0.15, 0.2) is 36.7 Å². The van der Waals surface area contributed by atoms with Crippen LogP contribution in [-0.4, -0.2) is 27.9 Å². The molecule has 1 heterocycles. The topological polar surface area (TPSA) is 66.0 Å². The molecule has 0 amide bonds. The Kier molecular flexibility index (Phi) is 4.75. The van der Waals surface area contributed by atoms with Crippen LogP contribution >= 0.6 is 12.4 Å². The van der Waals surface area contributed by atoms with Crippen molar-refractivity contribution in [3.8, 4) is 11.7 Å². The van der Waals surface area contributed by atoms with Crippen molar-refractivity contribution in [2.24, 2.45) is 5.73 Å². The summed E-state index contributed by atoms with van der Waals surface area (Å²) in [6.45, 7) is 0.888. The van der Waals surface area contributed by atoms with Crippen molar-refractivity contribution in [1.29, 1.82) is 0 Å². The molecule has 86 valence electrons. The summed E-state index contributed by atoms with van der Waals surface area (Å²) in [6, 6.07) is 10.1. The number of hydrogen-bond donors (Lipinski definition) is 1. The summed E-state index contributed by atoms with van der Waals surface area (Å²) >= 11 is 0. The van der Waals surface area contributed by atoms with Crippen LogP contribution in [-0.2, 0) is 0 Å². The number of halogens is 1. The molecule has 2 aromatic rings. The molecule has 0 fully saturated rings. The molecule has 0 saturated heterocycles. The molecule has 16 heavy (non-hydrogen) atoms. The molecule has 2 rings (SSSR count). The first-order valence-corrected chi connectivity index (χ1v) is 4.70. The van der Waals surface area contributed by atoms with Crippen LogP contribution in [0, 0.1) is 0 Å². The van der Waals surface area contributed by atoms with E-state index in [4.69, 9.17) is 10.5 Å². The number of aromatic nitrogens is 3. The summed E-state index contributed by atoms with van der Waals surface area (Å²) in [5.41, 5.74) is 6.26. The lowest BCUT2D eigenvalue weighted by atomic mass is 10.3. The van der Waals surface area contributed by atoms with Crippen molar-refractivity contribution in [2.75, 3.05) is 13.2 Å². The van der Waals surface area contributed by atoms with Crippen molar-refractivity contribution >= 4 is 12.4 Å². The summed E-state index contributed by atoms with van der Waals surface area (Å²) in [6.07, 6.45) is 1.61. The largest absolute Gasteiger partial charge is 0.461 e. The first-order valence-electron chi connectivity index (χ1n) is 4.70. The molecule has 5 nitrogen and oxygen atoms in total. The maximum absolute atomic E-state index is 5.31. The molecule has 0 unspecified atom stereocenters. The van der Waals surface area contributed by atoms with E-state index in [9.17, 15) is 0 Å². The van der Waals surface area contributed by atoms with Gasteiger partial charge in [-0.3, -0.25) is 0 Å². The Balaban J connectivity index is 0.00000128. The maximum Gasteiger partial charge on any atom is 0.335 e. The van der Waals surface area contributed by atoms with Gasteiger partial charge in [-0.1, -0.05) is 18.2 Å². The van der Waals surface area contributed by atoms with Gasteiger partial charge in [0.15, 0.2) is 0 Å². The fourth-order valence-corrected chi connectivity index (χ4v) is 1.17. The van der Waals surface area contributed by atoms with Gasteiger partial charge in [0.1, 0.15) is 12.9 Å². The van der Waals surface area contributed by atoms with Gasteiger partial charge in [-0.2, -0.15) is 4.98 Å². The van der Waals surface area contributed by atoms with E-state index in [-0.39, 0.29) is 12.4 Å². The molecule has 2 N–H and O–H groups in total. The lowest BCUT2D eigenvalue weighted by Crippen LogP contribution is -2.11. The summed E-state index contributed by atoms with van der Waals surface area (Å²) in [5.74, 6) is 0. The summed E-state index contributed by atoms with van der Waals surface area (Å²) < 4.78 is 6.85. The molecule has 0 aliphatic heterocycles. The molecule has 0 aliphatic carbocycles. The Morgan fingerprint density at radius 3 is 2.69 bits per heavy atom. The Bertz CT molecular complexity index is 418. The highest BCUT2D eigenvalue weighted by molar-refractivity contribution is 5.85.